The van der Waals surface area contributed by atoms with E-state index in [9.17, 15) is 0 Å². The summed E-state index contributed by atoms with van der Waals surface area (Å²) in [7, 11) is 3.36. The molecule has 0 atom stereocenters. The standard InChI is InChI=1S/C38H44N10O4/c1-21(2)31-19-29(11-13-33(31)49-9)51-35-23(5)15-27(16-24(35)6)47(37-39-43-44-40-37)48(38-41-45-46-42-38)28-17-25(7)36(26(8)18-28)52-30-12-14-34(50-10)32(20-30)22(3)4/h11-22H,1-10H3,(H,39,40,43,44)(H,41,42,45,46). The average molecular weight is 705 g/mol. The van der Waals surface area contributed by atoms with E-state index in [1.54, 1.807) is 14.2 Å². The Balaban J connectivity index is 1.41. The third kappa shape index (κ3) is 7.18. The highest BCUT2D eigenvalue weighted by atomic mass is 16.5. The third-order valence-electron chi connectivity index (χ3n) is 8.74. The first-order valence-corrected chi connectivity index (χ1v) is 17.0. The largest absolute Gasteiger partial charge is 0.496 e. The van der Waals surface area contributed by atoms with Crippen molar-refractivity contribution in [2.45, 2.75) is 67.2 Å². The van der Waals surface area contributed by atoms with E-state index in [-0.39, 0.29) is 11.8 Å². The van der Waals surface area contributed by atoms with Crippen LogP contribution in [-0.4, -0.2) is 55.5 Å². The monoisotopic (exact) mass is 704 g/mol. The summed E-state index contributed by atoms with van der Waals surface area (Å²) in [6, 6.07) is 19.8. The van der Waals surface area contributed by atoms with Crippen LogP contribution in [0.1, 0.15) is 72.9 Å². The number of aryl methyl sites for hydroxylation is 4. The topological polar surface area (TPSA) is 152 Å². The van der Waals surface area contributed by atoms with Crippen molar-refractivity contribution in [2.75, 3.05) is 24.2 Å². The molecular formula is C38H44N10O4. The summed E-state index contributed by atoms with van der Waals surface area (Å²) in [5.74, 6) is 5.75. The minimum atomic E-state index is 0.261. The van der Waals surface area contributed by atoms with Gasteiger partial charge in [0.2, 0.25) is 0 Å². The molecule has 2 aromatic heterocycles. The Morgan fingerprint density at radius 2 is 0.904 bits per heavy atom. The molecule has 0 aliphatic rings. The number of hydrogen-bond donors (Lipinski definition) is 2. The maximum atomic E-state index is 6.50. The zero-order valence-electron chi connectivity index (χ0n) is 31.1. The average Bonchev–Trinajstić information content (AvgIpc) is 3.85. The predicted molar refractivity (Wildman–Crippen MR) is 199 cm³/mol. The lowest BCUT2D eigenvalue weighted by molar-refractivity contribution is 0.405. The molecule has 4 aromatic carbocycles. The van der Waals surface area contributed by atoms with Crippen molar-refractivity contribution in [1.29, 1.82) is 0 Å². The van der Waals surface area contributed by atoms with Gasteiger partial charge in [-0.15, -0.1) is 0 Å². The summed E-state index contributed by atoms with van der Waals surface area (Å²) in [6.07, 6.45) is 0. The maximum Gasteiger partial charge on any atom is 0.267 e. The number of ether oxygens (including phenoxy) is 4. The number of H-pyrrole nitrogens is 2. The molecule has 2 N–H and O–H groups in total. The van der Waals surface area contributed by atoms with E-state index in [1.807, 2.05) is 98.4 Å². The number of hydrogen-bond acceptors (Lipinski definition) is 12. The number of benzene rings is 4. The Labute approximate surface area is 303 Å². The van der Waals surface area contributed by atoms with Gasteiger partial charge in [0.25, 0.3) is 11.9 Å². The first kappa shape index (κ1) is 35.6. The second-order valence-corrected chi connectivity index (χ2v) is 13.2. The quantitative estimate of drug-likeness (QED) is 0.111. The first-order valence-electron chi connectivity index (χ1n) is 17.0. The molecule has 0 saturated heterocycles. The summed E-state index contributed by atoms with van der Waals surface area (Å²) >= 11 is 0. The van der Waals surface area contributed by atoms with Crippen LogP contribution in [0.4, 0.5) is 23.3 Å². The van der Waals surface area contributed by atoms with Crippen molar-refractivity contribution in [3.8, 4) is 34.5 Å². The Kier molecular flexibility index (Phi) is 10.3. The number of rotatable bonds is 13. The Morgan fingerprint density at radius 3 is 1.19 bits per heavy atom. The lowest BCUT2D eigenvalue weighted by Gasteiger charge is -2.34. The highest BCUT2D eigenvalue weighted by Gasteiger charge is 2.29. The van der Waals surface area contributed by atoms with Crippen LogP contribution in [0.25, 0.3) is 0 Å². The van der Waals surface area contributed by atoms with E-state index in [1.165, 1.54) is 0 Å². The second kappa shape index (κ2) is 15.0. The minimum absolute atomic E-state index is 0.261. The Hall–Kier alpha value is -6.18. The van der Waals surface area contributed by atoms with Crippen LogP contribution in [0.3, 0.4) is 0 Å². The van der Waals surface area contributed by atoms with Crippen LogP contribution in [0.2, 0.25) is 0 Å². The summed E-state index contributed by atoms with van der Waals surface area (Å²) < 4.78 is 24.2. The fraction of sp³-hybridized carbons (Fsp3) is 0.316. The van der Waals surface area contributed by atoms with Gasteiger partial charge in [0, 0.05) is 11.1 Å². The molecule has 0 aliphatic heterocycles. The molecule has 2 heterocycles. The van der Waals surface area contributed by atoms with Gasteiger partial charge in [0.15, 0.2) is 0 Å². The van der Waals surface area contributed by atoms with Crippen molar-refractivity contribution in [1.82, 2.24) is 41.2 Å². The van der Waals surface area contributed by atoms with Gasteiger partial charge < -0.3 is 18.9 Å². The van der Waals surface area contributed by atoms with E-state index in [0.717, 1.165) is 79.3 Å². The van der Waals surface area contributed by atoms with Gasteiger partial charge in [0.05, 0.1) is 25.6 Å². The SMILES string of the molecule is COc1ccc(Oc2c(C)cc(N(c3nnn[nH]3)N(c3cc(C)c(Oc4ccc(OC)c(C(C)C)c4)c(C)c3)c3nnn[nH]3)cc2C)cc1C(C)C. The van der Waals surface area contributed by atoms with Crippen molar-refractivity contribution in [2.24, 2.45) is 0 Å². The van der Waals surface area contributed by atoms with E-state index in [4.69, 9.17) is 18.9 Å². The van der Waals surface area contributed by atoms with Gasteiger partial charge in [-0.1, -0.05) is 37.9 Å². The van der Waals surface area contributed by atoms with Crippen LogP contribution in [-0.2, 0) is 0 Å². The van der Waals surface area contributed by atoms with Crippen molar-refractivity contribution in [3.05, 3.63) is 94.0 Å². The van der Waals surface area contributed by atoms with Gasteiger partial charge in [0.1, 0.15) is 34.5 Å². The van der Waals surface area contributed by atoms with Gasteiger partial charge in [-0.3, -0.25) is 0 Å². The van der Waals surface area contributed by atoms with Crippen LogP contribution >= 0.6 is 0 Å². The third-order valence-corrected chi connectivity index (χ3v) is 8.74. The normalized spacial score (nSPS) is 11.2. The first-order chi connectivity index (χ1) is 25.0. The molecular weight excluding hydrogens is 660 g/mol. The maximum absolute atomic E-state index is 6.50. The van der Waals surface area contributed by atoms with Crippen LogP contribution in [0.15, 0.2) is 60.7 Å². The number of tetrazole rings is 2. The molecule has 0 bridgehead atoms. The molecule has 0 radical (unpaired) electrons. The summed E-state index contributed by atoms with van der Waals surface area (Å²) in [6.45, 7) is 16.5. The molecule has 0 amide bonds. The summed E-state index contributed by atoms with van der Waals surface area (Å²) in [5.41, 5.74) is 7.15. The molecule has 0 spiro atoms. The number of nitrogens with zero attached hydrogens (tertiary/aromatic N) is 8. The molecule has 0 unspecified atom stereocenters. The molecule has 270 valence electrons. The molecule has 0 aliphatic carbocycles. The predicted octanol–water partition coefficient (Wildman–Crippen LogP) is 8.69. The van der Waals surface area contributed by atoms with Crippen LogP contribution in [0.5, 0.6) is 34.5 Å². The summed E-state index contributed by atoms with van der Waals surface area (Å²) in [5, 5.41) is 33.6. The zero-order chi connectivity index (χ0) is 37.1. The fourth-order valence-corrected chi connectivity index (χ4v) is 6.26. The second-order valence-electron chi connectivity index (χ2n) is 13.2. The van der Waals surface area contributed by atoms with Crippen molar-refractivity contribution in [3.63, 3.8) is 0 Å². The number of hydrazine groups is 1. The number of aromatic amines is 2. The van der Waals surface area contributed by atoms with E-state index >= 15 is 0 Å². The van der Waals surface area contributed by atoms with Crippen molar-refractivity contribution < 1.29 is 18.9 Å². The molecule has 6 aromatic rings. The smallest absolute Gasteiger partial charge is 0.267 e. The van der Waals surface area contributed by atoms with Crippen molar-refractivity contribution >= 4 is 23.3 Å². The van der Waals surface area contributed by atoms with Gasteiger partial charge in [-0.05, 0) is 143 Å². The number of anilines is 4. The zero-order valence-corrected chi connectivity index (χ0v) is 31.1. The Bertz CT molecular complexity index is 1950. The van der Waals surface area contributed by atoms with E-state index < -0.39 is 0 Å². The molecule has 6 rings (SSSR count). The van der Waals surface area contributed by atoms with Gasteiger partial charge >= 0.3 is 0 Å². The van der Waals surface area contributed by atoms with Gasteiger partial charge in [-0.25, -0.2) is 20.2 Å². The van der Waals surface area contributed by atoms with E-state index in [0.29, 0.717) is 11.9 Å². The highest BCUT2D eigenvalue weighted by molar-refractivity contribution is 5.74. The lowest BCUT2D eigenvalue weighted by atomic mass is 10.0. The van der Waals surface area contributed by atoms with E-state index in [2.05, 4.69) is 68.9 Å². The highest BCUT2D eigenvalue weighted by Crippen LogP contribution is 2.42. The number of aromatic nitrogens is 8. The number of nitrogens with one attached hydrogen (secondary N) is 2. The van der Waals surface area contributed by atoms with Crippen LogP contribution < -0.4 is 29.0 Å². The molecule has 14 heteroatoms. The molecule has 52 heavy (non-hydrogen) atoms. The molecule has 14 nitrogen and oxygen atoms in total. The summed E-state index contributed by atoms with van der Waals surface area (Å²) in [4.78, 5) is 0. The molecule has 0 fully saturated rings. The lowest BCUT2D eigenvalue weighted by Crippen LogP contribution is -2.37. The number of methoxy groups -OCH3 is 2. The van der Waals surface area contributed by atoms with Gasteiger partial charge in [-0.2, -0.15) is 0 Å². The molecule has 0 saturated carbocycles. The minimum Gasteiger partial charge on any atom is -0.496 e. The Morgan fingerprint density at radius 1 is 0.538 bits per heavy atom. The fourth-order valence-electron chi connectivity index (χ4n) is 6.26. The van der Waals surface area contributed by atoms with Crippen LogP contribution in [0, 0.1) is 27.7 Å².